The molecule has 0 heterocycles. The maximum Gasteiger partial charge on any atom is 0.491 e. The molecule has 7 heteroatoms. The highest BCUT2D eigenvalue weighted by atomic mass is 19.1. The molecule has 0 fully saturated rings. The van der Waals surface area contributed by atoms with Gasteiger partial charge in [0.1, 0.15) is 11.9 Å². The molecule has 1 aromatic carbocycles. The average Bonchev–Trinajstić information content (AvgIpc) is 2.20. The van der Waals surface area contributed by atoms with Gasteiger partial charge in [0.15, 0.2) is 0 Å². The SMILES string of the molecule is N[C@H](Cc1ccc(F)c(B(O)O)c1)C(=O)O. The van der Waals surface area contributed by atoms with E-state index in [1.54, 1.807) is 0 Å². The molecule has 0 radical (unpaired) electrons. The molecule has 1 atom stereocenters. The van der Waals surface area contributed by atoms with Gasteiger partial charge in [-0.3, -0.25) is 4.79 Å². The van der Waals surface area contributed by atoms with E-state index in [0.717, 1.165) is 6.07 Å². The van der Waals surface area contributed by atoms with Crippen molar-refractivity contribution in [3.05, 3.63) is 29.6 Å². The Hall–Kier alpha value is -1.44. The highest BCUT2D eigenvalue weighted by Crippen LogP contribution is 2.04. The standard InChI is InChI=1S/C9H11BFNO4/c11-7-2-1-5(3-6(7)10(15)16)4-8(12)9(13)14/h1-3,8,15-16H,4,12H2,(H,13,14)/t8-/m1/s1. The summed E-state index contributed by atoms with van der Waals surface area (Å²) in [5.74, 6) is -1.93. The normalized spacial score (nSPS) is 12.2. The summed E-state index contributed by atoms with van der Waals surface area (Å²) in [6, 6.07) is 2.47. The van der Waals surface area contributed by atoms with Crippen molar-refractivity contribution >= 4 is 18.6 Å². The largest absolute Gasteiger partial charge is 0.491 e. The summed E-state index contributed by atoms with van der Waals surface area (Å²) in [6.07, 6.45) is -0.00463. The number of halogens is 1. The molecule has 0 saturated carbocycles. The second kappa shape index (κ2) is 5.06. The second-order valence-corrected chi connectivity index (χ2v) is 3.38. The minimum atomic E-state index is -1.93. The molecule has 0 aliphatic heterocycles. The number of hydrogen-bond donors (Lipinski definition) is 4. The van der Waals surface area contributed by atoms with Gasteiger partial charge in [-0.2, -0.15) is 0 Å². The first-order chi connectivity index (χ1) is 7.41. The van der Waals surface area contributed by atoms with E-state index in [1.807, 2.05) is 0 Å². The zero-order valence-corrected chi connectivity index (χ0v) is 8.30. The third-order valence-electron chi connectivity index (χ3n) is 2.11. The Morgan fingerprint density at radius 3 is 2.62 bits per heavy atom. The van der Waals surface area contributed by atoms with Gasteiger partial charge < -0.3 is 20.9 Å². The van der Waals surface area contributed by atoms with E-state index >= 15 is 0 Å². The van der Waals surface area contributed by atoms with Gasteiger partial charge in [0.05, 0.1) is 0 Å². The van der Waals surface area contributed by atoms with Crippen molar-refractivity contribution in [3.8, 4) is 0 Å². The van der Waals surface area contributed by atoms with Crippen molar-refractivity contribution in [3.63, 3.8) is 0 Å². The van der Waals surface area contributed by atoms with Crippen LogP contribution in [0.2, 0.25) is 0 Å². The summed E-state index contributed by atoms with van der Waals surface area (Å²) < 4.78 is 13.0. The highest BCUT2D eigenvalue weighted by Gasteiger charge is 2.18. The number of benzene rings is 1. The lowest BCUT2D eigenvalue weighted by Crippen LogP contribution is -2.35. The van der Waals surface area contributed by atoms with Gasteiger partial charge in [0.25, 0.3) is 0 Å². The van der Waals surface area contributed by atoms with Crippen molar-refractivity contribution in [1.29, 1.82) is 0 Å². The monoisotopic (exact) mass is 227 g/mol. The number of carbonyl (C=O) groups is 1. The van der Waals surface area contributed by atoms with Gasteiger partial charge in [0, 0.05) is 5.46 Å². The van der Waals surface area contributed by atoms with E-state index in [9.17, 15) is 9.18 Å². The van der Waals surface area contributed by atoms with E-state index in [2.05, 4.69) is 0 Å². The van der Waals surface area contributed by atoms with Crippen LogP contribution in [0.15, 0.2) is 18.2 Å². The first-order valence-electron chi connectivity index (χ1n) is 4.54. The van der Waals surface area contributed by atoms with Crippen LogP contribution >= 0.6 is 0 Å². The van der Waals surface area contributed by atoms with Crippen LogP contribution in [0, 0.1) is 5.82 Å². The van der Waals surface area contributed by atoms with Crippen LogP contribution in [0.1, 0.15) is 5.56 Å². The van der Waals surface area contributed by atoms with E-state index in [1.165, 1.54) is 12.1 Å². The minimum absolute atomic E-state index is 0.00463. The lowest BCUT2D eigenvalue weighted by atomic mass is 9.78. The zero-order chi connectivity index (χ0) is 12.3. The number of hydrogen-bond acceptors (Lipinski definition) is 4. The fourth-order valence-corrected chi connectivity index (χ4v) is 1.26. The predicted octanol–water partition coefficient (Wildman–Crippen LogP) is -1.54. The number of carboxylic acid groups (broad SMARTS) is 1. The molecule has 0 aliphatic carbocycles. The van der Waals surface area contributed by atoms with Crippen LogP contribution in [0.5, 0.6) is 0 Å². The van der Waals surface area contributed by atoms with Gasteiger partial charge in [0.2, 0.25) is 0 Å². The molecule has 0 aliphatic rings. The Bertz CT molecular complexity index is 399. The minimum Gasteiger partial charge on any atom is -0.480 e. The van der Waals surface area contributed by atoms with Crippen LogP contribution in [0.25, 0.3) is 0 Å². The van der Waals surface area contributed by atoms with Crippen molar-refractivity contribution in [2.24, 2.45) is 5.73 Å². The number of nitrogens with two attached hydrogens (primary N) is 1. The molecule has 0 unspecified atom stereocenters. The van der Waals surface area contributed by atoms with E-state index < -0.39 is 24.9 Å². The molecule has 5 nitrogen and oxygen atoms in total. The first-order valence-corrected chi connectivity index (χ1v) is 4.54. The molecule has 86 valence electrons. The molecular weight excluding hydrogens is 216 g/mol. The van der Waals surface area contributed by atoms with Gasteiger partial charge in [-0.1, -0.05) is 12.1 Å². The molecule has 0 bridgehead atoms. The van der Waals surface area contributed by atoms with Gasteiger partial charge in [-0.15, -0.1) is 0 Å². The summed E-state index contributed by atoms with van der Waals surface area (Å²) in [4.78, 5) is 10.5. The van der Waals surface area contributed by atoms with Gasteiger partial charge >= 0.3 is 13.1 Å². The molecule has 16 heavy (non-hydrogen) atoms. The maximum atomic E-state index is 13.0. The van der Waals surface area contributed by atoms with E-state index in [0.29, 0.717) is 5.56 Å². The summed E-state index contributed by atoms with van der Waals surface area (Å²) in [5, 5.41) is 26.3. The van der Waals surface area contributed by atoms with Crippen molar-refractivity contribution in [2.45, 2.75) is 12.5 Å². The van der Waals surface area contributed by atoms with Gasteiger partial charge in [-0.05, 0) is 18.1 Å². The zero-order valence-electron chi connectivity index (χ0n) is 8.30. The molecular formula is C9H11BFNO4. The van der Waals surface area contributed by atoms with Crippen LogP contribution in [0.4, 0.5) is 4.39 Å². The summed E-state index contributed by atoms with van der Waals surface area (Å²) >= 11 is 0. The number of rotatable bonds is 4. The third kappa shape index (κ3) is 3.03. The molecule has 0 spiro atoms. The van der Waals surface area contributed by atoms with E-state index in [4.69, 9.17) is 20.9 Å². The van der Waals surface area contributed by atoms with Crippen LogP contribution in [-0.4, -0.2) is 34.3 Å². The molecule has 5 N–H and O–H groups in total. The quantitative estimate of drug-likeness (QED) is 0.466. The summed E-state index contributed by atoms with van der Waals surface area (Å²) in [7, 11) is -1.93. The predicted molar refractivity (Wildman–Crippen MR) is 55.5 cm³/mol. The Kier molecular flexibility index (Phi) is 4.00. The lowest BCUT2D eigenvalue weighted by Gasteiger charge is -2.08. The molecule has 0 aromatic heterocycles. The van der Waals surface area contributed by atoms with Crippen LogP contribution < -0.4 is 11.2 Å². The maximum absolute atomic E-state index is 13.0. The third-order valence-corrected chi connectivity index (χ3v) is 2.11. The number of carboxylic acids is 1. The Balaban J connectivity index is 2.91. The fourth-order valence-electron chi connectivity index (χ4n) is 1.26. The van der Waals surface area contributed by atoms with Gasteiger partial charge in [-0.25, -0.2) is 4.39 Å². The van der Waals surface area contributed by atoms with Crippen molar-refractivity contribution in [1.82, 2.24) is 0 Å². The Morgan fingerprint density at radius 2 is 2.12 bits per heavy atom. The molecule has 0 saturated heterocycles. The topological polar surface area (TPSA) is 104 Å². The average molecular weight is 227 g/mol. The van der Waals surface area contributed by atoms with Crippen LogP contribution in [-0.2, 0) is 11.2 Å². The first kappa shape index (κ1) is 12.6. The fraction of sp³-hybridized carbons (Fsp3) is 0.222. The molecule has 1 aromatic rings. The lowest BCUT2D eigenvalue weighted by molar-refractivity contribution is -0.138. The summed E-state index contributed by atoms with van der Waals surface area (Å²) in [6.45, 7) is 0. The molecule has 0 amide bonds. The number of aliphatic carboxylic acids is 1. The molecule has 1 rings (SSSR count). The Morgan fingerprint density at radius 1 is 1.50 bits per heavy atom. The van der Waals surface area contributed by atoms with Crippen molar-refractivity contribution in [2.75, 3.05) is 0 Å². The second-order valence-electron chi connectivity index (χ2n) is 3.38. The highest BCUT2D eigenvalue weighted by molar-refractivity contribution is 6.58. The van der Waals surface area contributed by atoms with E-state index in [-0.39, 0.29) is 11.9 Å². The van der Waals surface area contributed by atoms with Crippen LogP contribution in [0.3, 0.4) is 0 Å². The summed E-state index contributed by atoms with van der Waals surface area (Å²) in [5.41, 5.74) is 5.43. The van der Waals surface area contributed by atoms with Crippen molar-refractivity contribution < 1.29 is 24.3 Å². The Labute approximate surface area is 91.5 Å². The smallest absolute Gasteiger partial charge is 0.480 e.